The molecule has 22 heavy (non-hydrogen) atoms. The lowest BCUT2D eigenvalue weighted by Gasteiger charge is -2.30. The van der Waals surface area contributed by atoms with E-state index in [1.165, 1.54) is 10.4 Å². The minimum Gasteiger partial charge on any atom is -0.376 e. The third-order valence-electron chi connectivity index (χ3n) is 3.89. The molecule has 1 amide bonds. The van der Waals surface area contributed by atoms with Crippen LogP contribution in [0.5, 0.6) is 0 Å². The van der Waals surface area contributed by atoms with E-state index in [4.69, 9.17) is 4.74 Å². The van der Waals surface area contributed by atoms with Crippen LogP contribution < -0.4 is 5.32 Å². The second-order valence-electron chi connectivity index (χ2n) is 5.84. The van der Waals surface area contributed by atoms with Gasteiger partial charge in [-0.2, -0.15) is 4.31 Å². The standard InChI is InChI=1S/C15H20N2O4S/c1-11-10-17(7-8-21-11)22(19,20)14-4-2-3-13(9-14)16-15(18)12-5-6-12/h2-4,9,11-12H,5-8,10H2,1H3,(H,16,18). The molecule has 1 unspecified atom stereocenters. The van der Waals surface area contributed by atoms with Crippen molar-refractivity contribution in [1.29, 1.82) is 0 Å². The van der Waals surface area contributed by atoms with Gasteiger partial charge in [0.25, 0.3) is 0 Å². The van der Waals surface area contributed by atoms with Crippen molar-refractivity contribution in [2.24, 2.45) is 5.92 Å². The highest BCUT2D eigenvalue weighted by molar-refractivity contribution is 7.89. The Labute approximate surface area is 130 Å². The van der Waals surface area contributed by atoms with E-state index in [1.54, 1.807) is 18.2 Å². The van der Waals surface area contributed by atoms with E-state index in [0.29, 0.717) is 25.4 Å². The zero-order chi connectivity index (χ0) is 15.7. The molecule has 3 rings (SSSR count). The number of benzene rings is 1. The maximum Gasteiger partial charge on any atom is 0.243 e. The molecule has 1 aliphatic carbocycles. The first-order valence-electron chi connectivity index (χ1n) is 7.49. The zero-order valence-electron chi connectivity index (χ0n) is 12.5. The molecule has 0 radical (unpaired) electrons. The van der Waals surface area contributed by atoms with E-state index < -0.39 is 10.0 Å². The fourth-order valence-corrected chi connectivity index (χ4v) is 4.02. The SMILES string of the molecule is CC1CN(S(=O)(=O)c2cccc(NC(=O)C3CC3)c2)CCO1. The van der Waals surface area contributed by atoms with Gasteiger partial charge in [-0.05, 0) is 38.0 Å². The maximum absolute atomic E-state index is 12.7. The largest absolute Gasteiger partial charge is 0.376 e. The van der Waals surface area contributed by atoms with Gasteiger partial charge in [0.1, 0.15) is 0 Å². The molecule has 1 N–H and O–H groups in total. The van der Waals surface area contributed by atoms with Gasteiger partial charge in [-0.1, -0.05) is 6.07 Å². The number of nitrogens with one attached hydrogen (secondary N) is 1. The molecule has 1 atom stereocenters. The van der Waals surface area contributed by atoms with E-state index in [2.05, 4.69) is 5.32 Å². The molecule has 1 saturated heterocycles. The molecule has 1 saturated carbocycles. The van der Waals surface area contributed by atoms with E-state index in [-0.39, 0.29) is 22.8 Å². The molecule has 0 aromatic heterocycles. The summed E-state index contributed by atoms with van der Waals surface area (Å²) in [5.74, 6) is 0.0508. The van der Waals surface area contributed by atoms with Crippen LogP contribution in [-0.2, 0) is 19.6 Å². The second kappa shape index (κ2) is 5.98. The molecule has 0 bridgehead atoms. The molecule has 1 aliphatic heterocycles. The topological polar surface area (TPSA) is 75.7 Å². The number of sulfonamides is 1. The number of ether oxygens (including phenoxy) is 1. The van der Waals surface area contributed by atoms with E-state index >= 15 is 0 Å². The summed E-state index contributed by atoms with van der Waals surface area (Å²) < 4.78 is 32.2. The van der Waals surface area contributed by atoms with Gasteiger partial charge in [-0.3, -0.25) is 4.79 Å². The summed E-state index contributed by atoms with van der Waals surface area (Å²) in [5.41, 5.74) is 0.527. The third kappa shape index (κ3) is 3.31. The average molecular weight is 324 g/mol. The monoisotopic (exact) mass is 324 g/mol. The summed E-state index contributed by atoms with van der Waals surface area (Å²) in [7, 11) is -3.56. The summed E-state index contributed by atoms with van der Waals surface area (Å²) in [5, 5.41) is 2.78. The van der Waals surface area contributed by atoms with Crippen molar-refractivity contribution >= 4 is 21.6 Å². The Morgan fingerprint density at radius 3 is 2.82 bits per heavy atom. The van der Waals surface area contributed by atoms with Gasteiger partial charge in [0.05, 0.1) is 17.6 Å². The van der Waals surface area contributed by atoms with Crippen LogP contribution in [0.3, 0.4) is 0 Å². The predicted octanol–water partition coefficient (Wildman–Crippen LogP) is 1.44. The number of nitrogens with zero attached hydrogens (tertiary/aromatic N) is 1. The first-order valence-corrected chi connectivity index (χ1v) is 8.93. The Morgan fingerprint density at radius 2 is 2.14 bits per heavy atom. The van der Waals surface area contributed by atoms with Gasteiger partial charge in [-0.25, -0.2) is 8.42 Å². The Kier molecular flexibility index (Phi) is 4.20. The molecule has 0 spiro atoms. The van der Waals surface area contributed by atoms with Crippen molar-refractivity contribution in [3.63, 3.8) is 0 Å². The van der Waals surface area contributed by atoms with E-state index in [1.807, 2.05) is 6.92 Å². The number of hydrogen-bond acceptors (Lipinski definition) is 4. The smallest absolute Gasteiger partial charge is 0.243 e. The van der Waals surface area contributed by atoms with Crippen molar-refractivity contribution < 1.29 is 17.9 Å². The number of hydrogen-bond donors (Lipinski definition) is 1. The summed E-state index contributed by atoms with van der Waals surface area (Å²) >= 11 is 0. The number of carbonyl (C=O) groups is 1. The van der Waals surface area contributed by atoms with Gasteiger partial charge >= 0.3 is 0 Å². The molecule has 7 heteroatoms. The van der Waals surface area contributed by atoms with Gasteiger partial charge in [-0.15, -0.1) is 0 Å². The van der Waals surface area contributed by atoms with E-state index in [0.717, 1.165) is 12.8 Å². The number of rotatable bonds is 4. The number of morpholine rings is 1. The lowest BCUT2D eigenvalue weighted by molar-refractivity contribution is -0.117. The summed E-state index contributed by atoms with van der Waals surface area (Å²) in [4.78, 5) is 12.0. The predicted molar refractivity (Wildman–Crippen MR) is 82.0 cm³/mol. The lowest BCUT2D eigenvalue weighted by atomic mass is 10.3. The Hall–Kier alpha value is -1.44. The average Bonchev–Trinajstić information content (AvgIpc) is 3.32. The van der Waals surface area contributed by atoms with Crippen LogP contribution in [0, 0.1) is 5.92 Å². The van der Waals surface area contributed by atoms with Gasteiger partial charge in [0, 0.05) is 24.7 Å². The lowest BCUT2D eigenvalue weighted by Crippen LogP contribution is -2.44. The van der Waals surface area contributed by atoms with Crippen LogP contribution in [0.25, 0.3) is 0 Å². The van der Waals surface area contributed by atoms with Crippen LogP contribution >= 0.6 is 0 Å². The third-order valence-corrected chi connectivity index (χ3v) is 5.75. The number of amides is 1. The van der Waals surface area contributed by atoms with Crippen molar-refractivity contribution in [3.05, 3.63) is 24.3 Å². The van der Waals surface area contributed by atoms with Crippen molar-refractivity contribution in [2.75, 3.05) is 25.0 Å². The highest BCUT2D eigenvalue weighted by Crippen LogP contribution is 2.30. The van der Waals surface area contributed by atoms with Crippen LogP contribution in [0.15, 0.2) is 29.2 Å². The van der Waals surface area contributed by atoms with Crippen LogP contribution in [0.1, 0.15) is 19.8 Å². The molecule has 1 aromatic carbocycles. The first kappa shape index (κ1) is 15.5. The normalized spacial score (nSPS) is 23.2. The maximum atomic E-state index is 12.7. The highest BCUT2D eigenvalue weighted by Gasteiger charge is 2.31. The number of carbonyl (C=O) groups excluding carboxylic acids is 1. The van der Waals surface area contributed by atoms with E-state index in [9.17, 15) is 13.2 Å². The molecule has 1 aromatic rings. The Morgan fingerprint density at radius 1 is 1.36 bits per heavy atom. The molecule has 1 heterocycles. The molecule has 2 aliphatic rings. The summed E-state index contributed by atoms with van der Waals surface area (Å²) in [6, 6.07) is 6.44. The second-order valence-corrected chi connectivity index (χ2v) is 7.77. The van der Waals surface area contributed by atoms with Crippen molar-refractivity contribution in [2.45, 2.75) is 30.8 Å². The van der Waals surface area contributed by atoms with Crippen LogP contribution in [-0.4, -0.2) is 44.4 Å². The fraction of sp³-hybridized carbons (Fsp3) is 0.533. The highest BCUT2D eigenvalue weighted by atomic mass is 32.2. The van der Waals surface area contributed by atoms with Gasteiger partial charge in [0.2, 0.25) is 15.9 Å². The molecular weight excluding hydrogens is 304 g/mol. The minimum absolute atomic E-state index is 0.0328. The molecular formula is C15H20N2O4S. The molecule has 120 valence electrons. The van der Waals surface area contributed by atoms with Crippen LogP contribution in [0.4, 0.5) is 5.69 Å². The number of anilines is 1. The summed E-state index contributed by atoms with van der Waals surface area (Å²) in [6.45, 7) is 2.96. The Balaban J connectivity index is 1.79. The minimum atomic E-state index is -3.56. The summed E-state index contributed by atoms with van der Waals surface area (Å²) in [6.07, 6.45) is 1.71. The molecule has 6 nitrogen and oxygen atoms in total. The van der Waals surface area contributed by atoms with Crippen molar-refractivity contribution in [3.8, 4) is 0 Å². The van der Waals surface area contributed by atoms with Gasteiger partial charge in [0.15, 0.2) is 0 Å². The van der Waals surface area contributed by atoms with Gasteiger partial charge < -0.3 is 10.1 Å². The van der Waals surface area contributed by atoms with Crippen molar-refractivity contribution in [1.82, 2.24) is 4.31 Å². The zero-order valence-corrected chi connectivity index (χ0v) is 13.3. The fourth-order valence-electron chi connectivity index (χ4n) is 2.48. The Bertz CT molecular complexity index is 670. The van der Waals surface area contributed by atoms with Crippen LogP contribution in [0.2, 0.25) is 0 Å². The first-order chi connectivity index (χ1) is 10.5. The quantitative estimate of drug-likeness (QED) is 0.909. The molecule has 2 fully saturated rings.